The Hall–Kier alpha value is -1.82. The Morgan fingerprint density at radius 2 is 2.19 bits per heavy atom. The fourth-order valence-electron chi connectivity index (χ4n) is 2.31. The second-order valence-corrected chi connectivity index (χ2v) is 5.01. The van der Waals surface area contributed by atoms with E-state index in [2.05, 4.69) is 34.2 Å². The van der Waals surface area contributed by atoms with E-state index in [1.54, 1.807) is 18.6 Å². The first-order valence-electron chi connectivity index (χ1n) is 7.45. The smallest absolute Gasteiger partial charge is 0.146 e. The fraction of sp³-hybridized carbons (Fsp3) is 0.533. The molecule has 1 N–H and O–H groups in total. The first-order chi connectivity index (χ1) is 10.3. The van der Waals surface area contributed by atoms with Crippen molar-refractivity contribution >= 4 is 0 Å². The average Bonchev–Trinajstić information content (AvgIpc) is 2.92. The maximum atomic E-state index is 14.0. The Balaban J connectivity index is 2.20. The van der Waals surface area contributed by atoms with Gasteiger partial charge in [-0.1, -0.05) is 13.8 Å². The van der Waals surface area contributed by atoms with E-state index >= 15 is 0 Å². The van der Waals surface area contributed by atoms with Gasteiger partial charge in [0.25, 0.3) is 0 Å². The normalized spacial score (nSPS) is 12.5. The van der Waals surface area contributed by atoms with E-state index in [9.17, 15) is 4.39 Å². The highest BCUT2D eigenvalue weighted by atomic mass is 19.1. The molecule has 2 aromatic rings. The van der Waals surface area contributed by atoms with Crippen LogP contribution in [-0.4, -0.2) is 26.3 Å². The van der Waals surface area contributed by atoms with Crippen LogP contribution in [-0.2, 0) is 13.0 Å². The molecule has 0 saturated carbocycles. The largest absolute Gasteiger partial charge is 0.309 e. The maximum Gasteiger partial charge on any atom is 0.146 e. The molecule has 0 fully saturated rings. The molecule has 0 aliphatic carbocycles. The maximum absolute atomic E-state index is 14.0. The first-order valence-corrected chi connectivity index (χ1v) is 7.45. The lowest BCUT2D eigenvalue weighted by molar-refractivity contribution is 0.468. The van der Waals surface area contributed by atoms with Crippen LogP contribution in [0.5, 0.6) is 0 Å². The van der Waals surface area contributed by atoms with Crippen LogP contribution < -0.4 is 5.32 Å². The van der Waals surface area contributed by atoms with E-state index in [1.807, 2.05) is 4.68 Å². The molecule has 0 radical (unpaired) electrons. The zero-order valence-corrected chi connectivity index (χ0v) is 12.6. The molecule has 2 aromatic heterocycles. The number of pyridine rings is 1. The molecule has 2 heterocycles. The zero-order chi connectivity index (χ0) is 15.1. The molecule has 21 heavy (non-hydrogen) atoms. The number of hydrogen-bond donors (Lipinski definition) is 1. The van der Waals surface area contributed by atoms with Gasteiger partial charge in [0.2, 0.25) is 0 Å². The molecule has 5 nitrogen and oxygen atoms in total. The number of halogens is 1. The second kappa shape index (κ2) is 7.83. The van der Waals surface area contributed by atoms with Crippen molar-refractivity contribution in [2.75, 3.05) is 6.54 Å². The predicted octanol–water partition coefficient (Wildman–Crippen LogP) is 2.51. The van der Waals surface area contributed by atoms with Gasteiger partial charge in [0, 0.05) is 30.8 Å². The highest BCUT2D eigenvalue weighted by Gasteiger charge is 2.18. The van der Waals surface area contributed by atoms with E-state index in [0.29, 0.717) is 12.0 Å². The topological polar surface area (TPSA) is 55.6 Å². The van der Waals surface area contributed by atoms with Gasteiger partial charge in [-0.3, -0.25) is 9.67 Å². The monoisotopic (exact) mass is 291 g/mol. The van der Waals surface area contributed by atoms with Gasteiger partial charge in [-0.2, -0.15) is 5.10 Å². The summed E-state index contributed by atoms with van der Waals surface area (Å²) in [5.41, 5.74) is 0.629. The molecule has 0 aromatic carbocycles. The molecule has 1 atom stereocenters. The molecule has 114 valence electrons. The van der Waals surface area contributed by atoms with Crippen LogP contribution in [0.3, 0.4) is 0 Å². The summed E-state index contributed by atoms with van der Waals surface area (Å²) in [6.07, 6.45) is 7.03. The summed E-state index contributed by atoms with van der Waals surface area (Å²) in [6, 6.07) is 1.61. The molecular weight excluding hydrogens is 269 g/mol. The quantitative estimate of drug-likeness (QED) is 0.812. The van der Waals surface area contributed by atoms with Crippen LogP contribution in [0, 0.1) is 5.82 Å². The molecule has 0 amide bonds. The third kappa shape index (κ3) is 4.07. The minimum atomic E-state index is -0.285. The third-order valence-corrected chi connectivity index (χ3v) is 3.34. The third-order valence-electron chi connectivity index (χ3n) is 3.34. The van der Waals surface area contributed by atoms with Gasteiger partial charge in [-0.05, 0) is 25.5 Å². The minimum Gasteiger partial charge on any atom is -0.309 e. The van der Waals surface area contributed by atoms with E-state index in [0.717, 1.165) is 31.8 Å². The van der Waals surface area contributed by atoms with Crippen LogP contribution >= 0.6 is 0 Å². The summed E-state index contributed by atoms with van der Waals surface area (Å²) in [4.78, 5) is 8.13. The van der Waals surface area contributed by atoms with Gasteiger partial charge in [-0.25, -0.2) is 9.37 Å². The van der Waals surface area contributed by atoms with E-state index in [-0.39, 0.29) is 11.9 Å². The average molecular weight is 291 g/mol. The summed E-state index contributed by atoms with van der Waals surface area (Å²) in [5.74, 6) is 0.592. The molecule has 0 bridgehead atoms. The van der Waals surface area contributed by atoms with Crippen LogP contribution in [0.4, 0.5) is 4.39 Å². The number of aromatic nitrogens is 4. The number of nitrogens with one attached hydrogen (secondary N) is 1. The van der Waals surface area contributed by atoms with E-state index in [1.165, 1.54) is 6.20 Å². The lowest BCUT2D eigenvalue weighted by atomic mass is 10.0. The predicted molar refractivity (Wildman–Crippen MR) is 79.2 cm³/mol. The van der Waals surface area contributed by atoms with Crippen molar-refractivity contribution in [1.82, 2.24) is 25.1 Å². The first kappa shape index (κ1) is 15.6. The Morgan fingerprint density at radius 1 is 1.33 bits per heavy atom. The van der Waals surface area contributed by atoms with Crippen LogP contribution in [0.1, 0.15) is 44.1 Å². The SMILES string of the molecule is CCCNC(Cc1ncnn1CCC)c1ccncc1F. The molecule has 6 heteroatoms. The van der Waals surface area contributed by atoms with Gasteiger partial charge in [0.05, 0.1) is 6.20 Å². The van der Waals surface area contributed by atoms with Gasteiger partial charge >= 0.3 is 0 Å². The summed E-state index contributed by atoms with van der Waals surface area (Å²) in [7, 11) is 0. The fourth-order valence-corrected chi connectivity index (χ4v) is 2.31. The van der Waals surface area contributed by atoms with Crippen molar-refractivity contribution in [2.45, 2.75) is 45.7 Å². The molecular formula is C15H22FN5. The Morgan fingerprint density at radius 3 is 2.90 bits per heavy atom. The molecule has 2 rings (SSSR count). The van der Waals surface area contributed by atoms with E-state index in [4.69, 9.17) is 0 Å². The summed E-state index contributed by atoms with van der Waals surface area (Å²) >= 11 is 0. The van der Waals surface area contributed by atoms with Gasteiger partial charge in [0.15, 0.2) is 0 Å². The molecule has 0 aliphatic rings. The number of aryl methyl sites for hydroxylation is 1. The number of hydrogen-bond acceptors (Lipinski definition) is 4. The van der Waals surface area contributed by atoms with Crippen molar-refractivity contribution in [2.24, 2.45) is 0 Å². The van der Waals surface area contributed by atoms with Gasteiger partial charge in [-0.15, -0.1) is 0 Å². The minimum absolute atomic E-state index is 0.118. The lowest BCUT2D eigenvalue weighted by Crippen LogP contribution is -2.26. The number of rotatable bonds is 8. The summed E-state index contributed by atoms with van der Waals surface area (Å²) in [5, 5.41) is 7.61. The highest BCUT2D eigenvalue weighted by molar-refractivity contribution is 5.19. The van der Waals surface area contributed by atoms with E-state index < -0.39 is 0 Å². The Kier molecular flexibility index (Phi) is 5.80. The molecule has 0 saturated heterocycles. The van der Waals surface area contributed by atoms with Crippen molar-refractivity contribution < 1.29 is 4.39 Å². The molecule has 0 aliphatic heterocycles. The highest BCUT2D eigenvalue weighted by Crippen LogP contribution is 2.20. The van der Waals surface area contributed by atoms with Gasteiger partial charge < -0.3 is 5.32 Å². The van der Waals surface area contributed by atoms with Crippen molar-refractivity contribution in [3.63, 3.8) is 0 Å². The Labute approximate surface area is 124 Å². The van der Waals surface area contributed by atoms with Crippen LogP contribution in [0.25, 0.3) is 0 Å². The lowest BCUT2D eigenvalue weighted by Gasteiger charge is -2.19. The zero-order valence-electron chi connectivity index (χ0n) is 12.6. The van der Waals surface area contributed by atoms with Crippen molar-refractivity contribution in [1.29, 1.82) is 0 Å². The summed E-state index contributed by atoms with van der Waals surface area (Å²) in [6.45, 7) is 5.84. The molecule has 1 unspecified atom stereocenters. The van der Waals surface area contributed by atoms with Crippen molar-refractivity contribution in [3.8, 4) is 0 Å². The van der Waals surface area contributed by atoms with Crippen LogP contribution in [0.15, 0.2) is 24.8 Å². The van der Waals surface area contributed by atoms with Crippen LogP contribution in [0.2, 0.25) is 0 Å². The second-order valence-electron chi connectivity index (χ2n) is 5.01. The van der Waals surface area contributed by atoms with Gasteiger partial charge in [0.1, 0.15) is 18.0 Å². The Bertz CT molecular complexity index is 555. The standard InChI is InChI=1S/C15H22FN5/c1-3-6-18-14(12-5-7-17-10-13(12)16)9-15-19-11-20-21(15)8-4-2/h5,7,10-11,14,18H,3-4,6,8-9H2,1-2H3. The van der Waals surface area contributed by atoms with Crippen molar-refractivity contribution in [3.05, 3.63) is 42.0 Å². The molecule has 0 spiro atoms. The number of nitrogens with zero attached hydrogens (tertiary/aromatic N) is 4. The summed E-state index contributed by atoms with van der Waals surface area (Å²) < 4.78 is 15.9.